The first-order valence-corrected chi connectivity index (χ1v) is 8.22. The molecule has 0 saturated heterocycles. The molecule has 0 radical (unpaired) electrons. The third kappa shape index (κ3) is 5.18. The van der Waals surface area contributed by atoms with E-state index >= 15 is 0 Å². The van der Waals surface area contributed by atoms with Gasteiger partial charge in [0, 0.05) is 6.54 Å². The van der Waals surface area contributed by atoms with Gasteiger partial charge in [0.1, 0.15) is 5.82 Å². The number of ether oxygens (including phenoxy) is 1. The van der Waals surface area contributed by atoms with Crippen LogP contribution in [-0.2, 0) is 16.1 Å². The summed E-state index contributed by atoms with van der Waals surface area (Å²) < 4.78 is 18.5. The molecule has 1 amide bonds. The molecule has 2 rings (SSSR count). The number of hydrogen-bond acceptors (Lipinski definition) is 3. The van der Waals surface area contributed by atoms with E-state index in [0.717, 1.165) is 23.3 Å². The van der Waals surface area contributed by atoms with Crippen LogP contribution in [-0.4, -0.2) is 18.0 Å². The molecular formula is C18H16Cl2FNO3. The molecule has 0 bridgehead atoms. The highest BCUT2D eigenvalue weighted by atomic mass is 35.5. The summed E-state index contributed by atoms with van der Waals surface area (Å²) in [6.07, 6.45) is -1.06. The Morgan fingerprint density at radius 1 is 1.16 bits per heavy atom. The average Bonchev–Trinajstić information content (AvgIpc) is 2.57. The zero-order valence-electron chi connectivity index (χ0n) is 13.6. The number of halogens is 3. The van der Waals surface area contributed by atoms with Crippen LogP contribution in [0.1, 0.15) is 28.4 Å². The smallest absolute Gasteiger partial charge is 0.340 e. The van der Waals surface area contributed by atoms with E-state index in [4.69, 9.17) is 27.9 Å². The van der Waals surface area contributed by atoms with Crippen LogP contribution < -0.4 is 5.32 Å². The fraction of sp³-hybridized carbons (Fsp3) is 0.222. The monoisotopic (exact) mass is 383 g/mol. The number of amides is 1. The first kappa shape index (κ1) is 19.2. The summed E-state index contributed by atoms with van der Waals surface area (Å²) in [4.78, 5) is 24.1. The molecule has 7 heteroatoms. The Morgan fingerprint density at radius 2 is 1.80 bits per heavy atom. The molecule has 0 aliphatic carbocycles. The highest BCUT2D eigenvalue weighted by Gasteiger charge is 2.21. The lowest BCUT2D eigenvalue weighted by Gasteiger charge is -2.14. The molecule has 0 fully saturated rings. The summed E-state index contributed by atoms with van der Waals surface area (Å²) in [5.74, 6) is -2.17. The zero-order chi connectivity index (χ0) is 18.6. The van der Waals surface area contributed by atoms with Crippen molar-refractivity contribution in [3.63, 3.8) is 0 Å². The van der Waals surface area contributed by atoms with Gasteiger partial charge in [-0.25, -0.2) is 9.18 Å². The zero-order valence-corrected chi connectivity index (χ0v) is 15.1. The Kier molecular flexibility index (Phi) is 6.39. The molecule has 0 saturated carbocycles. The predicted molar refractivity (Wildman–Crippen MR) is 94.3 cm³/mol. The molecule has 4 nitrogen and oxygen atoms in total. The minimum absolute atomic E-state index is 0.0522. The Morgan fingerprint density at radius 3 is 2.44 bits per heavy atom. The van der Waals surface area contributed by atoms with Crippen LogP contribution in [0.2, 0.25) is 10.0 Å². The van der Waals surface area contributed by atoms with Gasteiger partial charge in [-0.1, -0.05) is 53.0 Å². The molecule has 2 aromatic carbocycles. The second kappa shape index (κ2) is 8.32. The fourth-order valence-electron chi connectivity index (χ4n) is 2.00. The molecule has 2 aromatic rings. The van der Waals surface area contributed by atoms with Gasteiger partial charge in [-0.2, -0.15) is 0 Å². The van der Waals surface area contributed by atoms with Gasteiger partial charge in [0.15, 0.2) is 6.10 Å². The van der Waals surface area contributed by atoms with E-state index in [1.165, 1.54) is 6.92 Å². The normalized spacial score (nSPS) is 11.7. The Balaban J connectivity index is 1.95. The van der Waals surface area contributed by atoms with E-state index in [-0.39, 0.29) is 15.6 Å². The maximum absolute atomic E-state index is 13.5. The maximum atomic E-state index is 13.5. The van der Waals surface area contributed by atoms with E-state index in [1.807, 2.05) is 31.2 Å². The van der Waals surface area contributed by atoms with Crippen LogP contribution in [0.5, 0.6) is 0 Å². The molecule has 0 aliphatic heterocycles. The van der Waals surface area contributed by atoms with Crippen molar-refractivity contribution in [3.8, 4) is 0 Å². The predicted octanol–water partition coefficient (Wildman–Crippen LogP) is 4.30. The Hall–Kier alpha value is -2.11. The van der Waals surface area contributed by atoms with Gasteiger partial charge in [0.05, 0.1) is 15.6 Å². The van der Waals surface area contributed by atoms with Crippen LogP contribution >= 0.6 is 23.2 Å². The van der Waals surface area contributed by atoms with Gasteiger partial charge < -0.3 is 10.1 Å². The maximum Gasteiger partial charge on any atom is 0.340 e. The number of nitrogens with one attached hydrogen (secondary N) is 1. The quantitative estimate of drug-likeness (QED) is 0.618. The third-order valence-corrected chi connectivity index (χ3v) is 4.07. The van der Waals surface area contributed by atoms with Crippen molar-refractivity contribution in [2.75, 3.05) is 0 Å². The first-order valence-electron chi connectivity index (χ1n) is 7.46. The van der Waals surface area contributed by atoms with Crippen LogP contribution in [0, 0.1) is 12.7 Å². The number of esters is 1. The van der Waals surface area contributed by atoms with Crippen molar-refractivity contribution in [3.05, 3.63) is 69.0 Å². The van der Waals surface area contributed by atoms with Gasteiger partial charge in [0.2, 0.25) is 0 Å². The van der Waals surface area contributed by atoms with Crippen molar-refractivity contribution in [2.45, 2.75) is 26.5 Å². The second-order valence-electron chi connectivity index (χ2n) is 5.50. The topological polar surface area (TPSA) is 55.4 Å². The number of carbonyl (C=O) groups is 2. The van der Waals surface area contributed by atoms with Crippen LogP contribution in [0.3, 0.4) is 0 Å². The van der Waals surface area contributed by atoms with Gasteiger partial charge in [0.25, 0.3) is 5.91 Å². The first-order chi connectivity index (χ1) is 11.8. The fourth-order valence-corrected chi connectivity index (χ4v) is 2.46. The van der Waals surface area contributed by atoms with Gasteiger partial charge in [-0.05, 0) is 31.5 Å². The molecule has 1 N–H and O–H groups in total. The van der Waals surface area contributed by atoms with Crippen molar-refractivity contribution < 1.29 is 18.7 Å². The SMILES string of the molecule is Cc1ccc(CNC(=O)[C@@H](C)OC(=O)c2cc(F)c(Cl)cc2Cl)cc1. The number of carbonyl (C=O) groups excluding carboxylic acids is 2. The van der Waals surface area contributed by atoms with E-state index in [2.05, 4.69) is 5.32 Å². The molecule has 1 atom stereocenters. The summed E-state index contributed by atoms with van der Waals surface area (Å²) >= 11 is 11.4. The lowest BCUT2D eigenvalue weighted by atomic mass is 10.1. The van der Waals surface area contributed by atoms with Crippen molar-refractivity contribution in [1.82, 2.24) is 5.32 Å². The molecule has 25 heavy (non-hydrogen) atoms. The summed E-state index contributed by atoms with van der Waals surface area (Å²) in [6, 6.07) is 9.64. The van der Waals surface area contributed by atoms with Gasteiger partial charge in [-0.3, -0.25) is 4.79 Å². The van der Waals surface area contributed by atoms with Crippen LogP contribution in [0.25, 0.3) is 0 Å². The van der Waals surface area contributed by atoms with Gasteiger partial charge in [-0.15, -0.1) is 0 Å². The lowest BCUT2D eigenvalue weighted by Crippen LogP contribution is -2.35. The second-order valence-corrected chi connectivity index (χ2v) is 6.31. The molecule has 0 aliphatic rings. The third-order valence-electron chi connectivity index (χ3n) is 3.47. The highest BCUT2D eigenvalue weighted by molar-refractivity contribution is 6.36. The number of benzene rings is 2. The van der Waals surface area contributed by atoms with Crippen molar-refractivity contribution in [2.24, 2.45) is 0 Å². The number of rotatable bonds is 5. The van der Waals surface area contributed by atoms with Crippen molar-refractivity contribution >= 4 is 35.1 Å². The molecule has 132 valence electrons. The Labute approximate surface area is 154 Å². The summed E-state index contributed by atoms with van der Waals surface area (Å²) in [5.41, 5.74) is 1.84. The van der Waals surface area contributed by atoms with E-state index in [1.54, 1.807) is 0 Å². The molecular weight excluding hydrogens is 368 g/mol. The molecule has 0 heterocycles. The molecule has 0 aromatic heterocycles. The van der Waals surface area contributed by atoms with E-state index < -0.39 is 23.8 Å². The van der Waals surface area contributed by atoms with Gasteiger partial charge >= 0.3 is 5.97 Å². The lowest BCUT2D eigenvalue weighted by molar-refractivity contribution is -0.129. The molecule has 0 spiro atoms. The minimum atomic E-state index is -1.06. The largest absolute Gasteiger partial charge is 0.449 e. The number of aryl methyl sites for hydroxylation is 1. The standard InChI is InChI=1S/C18H16Cl2FNO3/c1-10-3-5-12(6-4-10)9-22-17(23)11(2)25-18(24)13-7-16(21)15(20)8-14(13)19/h3-8,11H,9H2,1-2H3,(H,22,23)/t11-/m1/s1. The summed E-state index contributed by atoms with van der Waals surface area (Å²) in [5, 5.41) is 2.41. The number of hydrogen-bond donors (Lipinski definition) is 1. The summed E-state index contributed by atoms with van der Waals surface area (Å²) in [6.45, 7) is 3.69. The summed E-state index contributed by atoms with van der Waals surface area (Å²) in [7, 11) is 0. The van der Waals surface area contributed by atoms with E-state index in [9.17, 15) is 14.0 Å². The van der Waals surface area contributed by atoms with Crippen LogP contribution in [0.4, 0.5) is 4.39 Å². The average molecular weight is 384 g/mol. The highest BCUT2D eigenvalue weighted by Crippen LogP contribution is 2.25. The minimum Gasteiger partial charge on any atom is -0.449 e. The van der Waals surface area contributed by atoms with Crippen molar-refractivity contribution in [1.29, 1.82) is 0 Å². The van der Waals surface area contributed by atoms with E-state index in [0.29, 0.717) is 6.54 Å². The molecule has 0 unspecified atom stereocenters. The van der Waals surface area contributed by atoms with Crippen LogP contribution in [0.15, 0.2) is 36.4 Å². The Bertz CT molecular complexity index is 794.